The molecular formula is C12H16N2O2S. The zero-order chi connectivity index (χ0) is 12.4. The molecule has 1 fully saturated rings. The molecule has 0 N–H and O–H groups in total. The van der Waals surface area contributed by atoms with Crippen molar-refractivity contribution in [3.63, 3.8) is 0 Å². The minimum Gasteiger partial charge on any atom is -0.481 e. The van der Waals surface area contributed by atoms with E-state index in [0.29, 0.717) is 18.2 Å². The molecule has 0 aliphatic carbocycles. The van der Waals surface area contributed by atoms with E-state index in [9.17, 15) is 4.79 Å². The maximum absolute atomic E-state index is 11.9. The molecule has 0 spiro atoms. The van der Waals surface area contributed by atoms with Crippen LogP contribution in [-0.4, -0.2) is 30.3 Å². The van der Waals surface area contributed by atoms with E-state index in [-0.39, 0.29) is 5.91 Å². The normalized spacial score (nSPS) is 19.8. The number of amides is 1. The molecule has 1 amide bonds. The van der Waals surface area contributed by atoms with E-state index < -0.39 is 0 Å². The highest BCUT2D eigenvalue weighted by Crippen LogP contribution is 2.28. The molecule has 0 saturated carbocycles. The second-order valence-corrected chi connectivity index (χ2v) is 4.58. The van der Waals surface area contributed by atoms with Gasteiger partial charge < -0.3 is 9.64 Å². The lowest BCUT2D eigenvalue weighted by atomic mass is 10.1. The fraction of sp³-hybridized carbons (Fsp3) is 0.500. The number of nitrogens with zero attached hydrogens (tertiary/aromatic N) is 2. The van der Waals surface area contributed by atoms with Crippen molar-refractivity contribution in [2.75, 3.05) is 24.3 Å². The van der Waals surface area contributed by atoms with E-state index in [4.69, 9.17) is 4.74 Å². The molecule has 5 heteroatoms. The molecule has 1 aromatic rings. The number of rotatable bonds is 3. The van der Waals surface area contributed by atoms with E-state index in [1.54, 1.807) is 18.1 Å². The SMILES string of the molecule is COc1ccc(N2CC(CS)CC2=O)c(C)n1. The van der Waals surface area contributed by atoms with Crippen molar-refractivity contribution in [2.45, 2.75) is 13.3 Å². The molecule has 4 nitrogen and oxygen atoms in total. The summed E-state index contributed by atoms with van der Waals surface area (Å²) in [6, 6.07) is 3.67. The molecule has 17 heavy (non-hydrogen) atoms. The maximum Gasteiger partial charge on any atom is 0.227 e. The van der Waals surface area contributed by atoms with Crippen LogP contribution in [0.4, 0.5) is 5.69 Å². The second kappa shape index (κ2) is 4.96. The summed E-state index contributed by atoms with van der Waals surface area (Å²) >= 11 is 4.25. The summed E-state index contributed by atoms with van der Waals surface area (Å²) in [4.78, 5) is 18.0. The molecule has 2 heterocycles. The Morgan fingerprint density at radius 1 is 1.59 bits per heavy atom. The third kappa shape index (κ3) is 2.39. The Morgan fingerprint density at radius 3 is 2.88 bits per heavy atom. The van der Waals surface area contributed by atoms with Crippen LogP contribution in [0.3, 0.4) is 0 Å². The topological polar surface area (TPSA) is 42.4 Å². The fourth-order valence-electron chi connectivity index (χ4n) is 2.07. The van der Waals surface area contributed by atoms with Gasteiger partial charge in [0.25, 0.3) is 0 Å². The molecule has 1 atom stereocenters. The number of pyridine rings is 1. The number of carbonyl (C=O) groups excluding carboxylic acids is 1. The predicted octanol–water partition coefficient (Wildman–Crippen LogP) is 1.68. The van der Waals surface area contributed by atoms with Crippen molar-refractivity contribution in [1.29, 1.82) is 0 Å². The molecular weight excluding hydrogens is 236 g/mol. The maximum atomic E-state index is 11.9. The van der Waals surface area contributed by atoms with Crippen LogP contribution in [-0.2, 0) is 4.79 Å². The molecule has 0 radical (unpaired) electrons. The third-order valence-corrected chi connectivity index (χ3v) is 3.51. The van der Waals surface area contributed by atoms with Gasteiger partial charge in [-0.3, -0.25) is 4.79 Å². The molecule has 1 aliphatic heterocycles. The summed E-state index contributed by atoms with van der Waals surface area (Å²) in [7, 11) is 1.58. The number of ether oxygens (including phenoxy) is 1. The van der Waals surface area contributed by atoms with Gasteiger partial charge in [0.15, 0.2) is 0 Å². The number of aromatic nitrogens is 1. The summed E-state index contributed by atoms with van der Waals surface area (Å²) < 4.78 is 5.06. The Labute approximate surface area is 106 Å². The van der Waals surface area contributed by atoms with Crippen molar-refractivity contribution < 1.29 is 9.53 Å². The summed E-state index contributed by atoms with van der Waals surface area (Å²) in [5.41, 5.74) is 1.69. The fourth-order valence-corrected chi connectivity index (χ4v) is 2.31. The summed E-state index contributed by atoms with van der Waals surface area (Å²) in [5, 5.41) is 0. The van der Waals surface area contributed by atoms with Crippen molar-refractivity contribution in [3.8, 4) is 5.88 Å². The molecule has 1 aliphatic rings. The molecule has 0 aromatic carbocycles. The van der Waals surface area contributed by atoms with Crippen molar-refractivity contribution in [3.05, 3.63) is 17.8 Å². The van der Waals surface area contributed by atoms with Gasteiger partial charge in [0.05, 0.1) is 18.5 Å². The van der Waals surface area contributed by atoms with Crippen LogP contribution in [0, 0.1) is 12.8 Å². The Hall–Kier alpha value is -1.23. The van der Waals surface area contributed by atoms with E-state index in [1.165, 1.54) is 0 Å². The first-order valence-electron chi connectivity index (χ1n) is 5.58. The monoisotopic (exact) mass is 252 g/mol. The van der Waals surface area contributed by atoms with Gasteiger partial charge in [-0.05, 0) is 24.7 Å². The highest BCUT2D eigenvalue weighted by Gasteiger charge is 2.30. The van der Waals surface area contributed by atoms with E-state index in [1.807, 2.05) is 13.0 Å². The van der Waals surface area contributed by atoms with Gasteiger partial charge >= 0.3 is 0 Å². The Morgan fingerprint density at radius 2 is 2.35 bits per heavy atom. The molecule has 1 unspecified atom stereocenters. The first-order chi connectivity index (χ1) is 8.15. The smallest absolute Gasteiger partial charge is 0.227 e. The van der Waals surface area contributed by atoms with Crippen LogP contribution < -0.4 is 9.64 Å². The minimum atomic E-state index is 0.152. The number of anilines is 1. The molecule has 1 aromatic heterocycles. The van der Waals surface area contributed by atoms with Crippen LogP contribution in [0.15, 0.2) is 12.1 Å². The number of thiol groups is 1. The van der Waals surface area contributed by atoms with Crippen LogP contribution in [0.5, 0.6) is 5.88 Å². The summed E-state index contributed by atoms with van der Waals surface area (Å²) in [6.45, 7) is 2.62. The van der Waals surface area contributed by atoms with Crippen LogP contribution in [0.2, 0.25) is 0 Å². The van der Waals surface area contributed by atoms with Gasteiger partial charge in [-0.25, -0.2) is 4.98 Å². The number of carbonyl (C=O) groups is 1. The number of aryl methyl sites for hydroxylation is 1. The lowest BCUT2D eigenvalue weighted by Gasteiger charge is -2.18. The predicted molar refractivity (Wildman–Crippen MR) is 69.8 cm³/mol. The first-order valence-corrected chi connectivity index (χ1v) is 6.21. The Balaban J connectivity index is 2.26. The average molecular weight is 252 g/mol. The van der Waals surface area contributed by atoms with Gasteiger partial charge in [-0.15, -0.1) is 0 Å². The average Bonchev–Trinajstić information content (AvgIpc) is 2.70. The molecule has 0 bridgehead atoms. The number of hydrogen-bond donors (Lipinski definition) is 1. The molecule has 2 rings (SSSR count). The van der Waals surface area contributed by atoms with Crippen LogP contribution in [0.25, 0.3) is 0 Å². The summed E-state index contributed by atoms with van der Waals surface area (Å²) in [6.07, 6.45) is 0.578. The van der Waals surface area contributed by atoms with Crippen molar-refractivity contribution in [1.82, 2.24) is 4.98 Å². The Kier molecular flexibility index (Phi) is 3.57. The highest BCUT2D eigenvalue weighted by molar-refractivity contribution is 7.80. The Bertz CT molecular complexity index is 437. The van der Waals surface area contributed by atoms with Crippen molar-refractivity contribution in [2.24, 2.45) is 5.92 Å². The van der Waals surface area contributed by atoms with Gasteiger partial charge in [0.1, 0.15) is 0 Å². The highest BCUT2D eigenvalue weighted by atomic mass is 32.1. The third-order valence-electron chi connectivity index (χ3n) is 3.00. The lowest BCUT2D eigenvalue weighted by molar-refractivity contribution is -0.117. The largest absolute Gasteiger partial charge is 0.481 e. The van der Waals surface area contributed by atoms with Gasteiger partial charge in [-0.1, -0.05) is 0 Å². The number of hydrogen-bond acceptors (Lipinski definition) is 4. The molecule has 92 valence electrons. The lowest BCUT2D eigenvalue weighted by Crippen LogP contribution is -2.25. The second-order valence-electron chi connectivity index (χ2n) is 4.22. The van der Waals surface area contributed by atoms with E-state index in [0.717, 1.165) is 23.7 Å². The first kappa shape index (κ1) is 12.2. The van der Waals surface area contributed by atoms with Gasteiger partial charge in [0, 0.05) is 19.0 Å². The van der Waals surface area contributed by atoms with Gasteiger partial charge in [-0.2, -0.15) is 12.6 Å². The van der Waals surface area contributed by atoms with Crippen molar-refractivity contribution >= 4 is 24.2 Å². The minimum absolute atomic E-state index is 0.152. The number of methoxy groups -OCH3 is 1. The quantitative estimate of drug-likeness (QED) is 0.832. The van der Waals surface area contributed by atoms with Crippen LogP contribution in [0.1, 0.15) is 12.1 Å². The van der Waals surface area contributed by atoms with E-state index in [2.05, 4.69) is 17.6 Å². The molecule has 1 saturated heterocycles. The zero-order valence-electron chi connectivity index (χ0n) is 10.0. The van der Waals surface area contributed by atoms with E-state index >= 15 is 0 Å². The zero-order valence-corrected chi connectivity index (χ0v) is 10.9. The van der Waals surface area contributed by atoms with Gasteiger partial charge in [0.2, 0.25) is 11.8 Å². The van der Waals surface area contributed by atoms with Crippen LogP contribution >= 0.6 is 12.6 Å². The summed E-state index contributed by atoms with van der Waals surface area (Å²) in [5.74, 6) is 1.81. The standard InChI is InChI=1S/C12H16N2O2S/c1-8-10(3-4-11(13-8)16-2)14-6-9(7-17)5-12(14)15/h3-4,9,17H,5-7H2,1-2H3.